The molecule has 0 spiro atoms. The standard InChI is InChI=1S/C18H22FN7OS/c19-11-8-10(16(22)27)17(23-9-5-6-15(26-28)13(21)7-9)25-18(11)24-14-4-2-1-3-12(14)20/h5-8,12,14H,1-4,20-21H2,(H2,22,27)(H2,23,24,25). The third-order valence-electron chi connectivity index (χ3n) is 4.77. The van der Waals surface area contributed by atoms with E-state index >= 15 is 0 Å². The van der Waals surface area contributed by atoms with Gasteiger partial charge in [-0.15, -0.1) is 0 Å². The Kier molecular flexibility index (Phi) is 6.00. The molecule has 1 fully saturated rings. The summed E-state index contributed by atoms with van der Waals surface area (Å²) in [5, 5.41) is 6.02. The Labute approximate surface area is 167 Å². The summed E-state index contributed by atoms with van der Waals surface area (Å²) in [7, 11) is 0. The molecule has 1 aromatic carbocycles. The van der Waals surface area contributed by atoms with Crippen molar-refractivity contribution >= 4 is 47.0 Å². The second kappa shape index (κ2) is 8.44. The van der Waals surface area contributed by atoms with E-state index in [2.05, 4.69) is 32.4 Å². The minimum Gasteiger partial charge on any atom is -0.397 e. The van der Waals surface area contributed by atoms with E-state index in [0.29, 0.717) is 17.1 Å². The molecular weight excluding hydrogens is 381 g/mol. The predicted molar refractivity (Wildman–Crippen MR) is 110 cm³/mol. The second-order valence-electron chi connectivity index (χ2n) is 6.77. The molecule has 2 atom stereocenters. The van der Waals surface area contributed by atoms with Crippen molar-refractivity contribution in [1.82, 2.24) is 4.98 Å². The molecule has 0 radical (unpaired) electrons. The number of pyridine rings is 1. The van der Waals surface area contributed by atoms with Crippen molar-refractivity contribution in [3.05, 3.63) is 35.6 Å². The van der Waals surface area contributed by atoms with Gasteiger partial charge >= 0.3 is 0 Å². The quantitative estimate of drug-likeness (QED) is 0.466. The number of nitrogens with two attached hydrogens (primary N) is 3. The van der Waals surface area contributed by atoms with E-state index in [1.165, 1.54) is 0 Å². The van der Waals surface area contributed by atoms with Gasteiger partial charge < -0.3 is 27.8 Å². The van der Waals surface area contributed by atoms with E-state index in [4.69, 9.17) is 17.2 Å². The molecular formula is C18H22FN7OS. The number of primary amides is 1. The van der Waals surface area contributed by atoms with Crippen LogP contribution in [0.15, 0.2) is 28.6 Å². The van der Waals surface area contributed by atoms with Gasteiger partial charge in [0.15, 0.2) is 11.6 Å². The van der Waals surface area contributed by atoms with Gasteiger partial charge in [0.05, 0.1) is 16.9 Å². The van der Waals surface area contributed by atoms with Crippen LogP contribution in [0.3, 0.4) is 0 Å². The van der Waals surface area contributed by atoms with Crippen LogP contribution in [0.25, 0.3) is 0 Å². The largest absolute Gasteiger partial charge is 0.397 e. The highest BCUT2D eigenvalue weighted by Crippen LogP contribution is 2.29. The first-order valence-corrected chi connectivity index (χ1v) is 9.28. The maximum Gasteiger partial charge on any atom is 0.252 e. The Morgan fingerprint density at radius 1 is 1.25 bits per heavy atom. The van der Waals surface area contributed by atoms with Crippen LogP contribution in [-0.4, -0.2) is 23.0 Å². The Morgan fingerprint density at radius 2 is 2.00 bits per heavy atom. The van der Waals surface area contributed by atoms with Gasteiger partial charge in [-0.3, -0.25) is 4.79 Å². The first kappa shape index (κ1) is 19.9. The molecule has 0 saturated heterocycles. The number of carbonyl (C=O) groups excluding carboxylic acids is 1. The zero-order chi connectivity index (χ0) is 20.3. The molecule has 1 amide bonds. The minimum atomic E-state index is -0.806. The number of nitrogens with zero attached hydrogens (tertiary/aromatic N) is 2. The first-order valence-electron chi connectivity index (χ1n) is 8.91. The average Bonchev–Trinajstić information content (AvgIpc) is 2.66. The number of aromatic nitrogens is 1. The molecule has 10 heteroatoms. The lowest BCUT2D eigenvalue weighted by atomic mass is 9.91. The van der Waals surface area contributed by atoms with Gasteiger partial charge in [-0.1, -0.05) is 12.8 Å². The highest BCUT2D eigenvalue weighted by atomic mass is 32.1. The molecule has 0 bridgehead atoms. The van der Waals surface area contributed by atoms with Gasteiger partial charge in [0, 0.05) is 30.2 Å². The van der Waals surface area contributed by atoms with E-state index in [-0.39, 0.29) is 29.3 Å². The third-order valence-corrected chi connectivity index (χ3v) is 4.97. The number of hydrogen-bond acceptors (Lipinski definition) is 8. The molecule has 1 aliphatic rings. The van der Waals surface area contributed by atoms with Crippen LogP contribution in [0.2, 0.25) is 0 Å². The number of nitrogen functional groups attached to an aromatic ring is 1. The monoisotopic (exact) mass is 403 g/mol. The van der Waals surface area contributed by atoms with Crippen molar-refractivity contribution in [2.75, 3.05) is 16.4 Å². The summed E-state index contributed by atoms with van der Waals surface area (Å²) in [4.78, 5) is 16.0. The van der Waals surface area contributed by atoms with Crippen LogP contribution in [0, 0.1) is 5.82 Å². The number of anilines is 4. The maximum atomic E-state index is 14.5. The third kappa shape index (κ3) is 4.34. The van der Waals surface area contributed by atoms with Gasteiger partial charge in [-0.05, 0) is 37.1 Å². The van der Waals surface area contributed by atoms with Crippen LogP contribution in [0.4, 0.5) is 33.1 Å². The van der Waals surface area contributed by atoms with E-state index in [1.807, 2.05) is 0 Å². The fourth-order valence-electron chi connectivity index (χ4n) is 3.24. The first-order chi connectivity index (χ1) is 13.4. The molecule has 0 aliphatic heterocycles. The molecule has 2 aromatic rings. The molecule has 148 valence electrons. The molecule has 3 rings (SSSR count). The second-order valence-corrected chi connectivity index (χ2v) is 6.95. The SMILES string of the molecule is NC(=O)c1cc(F)c(NC2CCCCC2N)nc1Nc1ccc(N=S)c(N)c1. The van der Waals surface area contributed by atoms with Crippen LogP contribution in [0.5, 0.6) is 0 Å². The van der Waals surface area contributed by atoms with Crippen LogP contribution in [0.1, 0.15) is 36.0 Å². The lowest BCUT2D eigenvalue weighted by Crippen LogP contribution is -2.43. The number of nitrogens with one attached hydrogen (secondary N) is 2. The van der Waals surface area contributed by atoms with E-state index in [0.717, 1.165) is 31.7 Å². The number of amides is 1. The Balaban J connectivity index is 1.93. The lowest BCUT2D eigenvalue weighted by Gasteiger charge is -2.30. The Morgan fingerprint density at radius 3 is 2.64 bits per heavy atom. The summed E-state index contributed by atoms with van der Waals surface area (Å²) in [6.07, 6.45) is 3.75. The summed E-state index contributed by atoms with van der Waals surface area (Å²) in [5.41, 5.74) is 18.7. The van der Waals surface area contributed by atoms with Crippen molar-refractivity contribution in [2.24, 2.45) is 15.8 Å². The van der Waals surface area contributed by atoms with Crippen LogP contribution >= 0.6 is 0 Å². The molecule has 1 heterocycles. The summed E-state index contributed by atoms with van der Waals surface area (Å²) in [5.74, 6) is -1.35. The lowest BCUT2D eigenvalue weighted by molar-refractivity contribution is 0.100. The van der Waals surface area contributed by atoms with Gasteiger partial charge in [-0.2, -0.15) is 4.36 Å². The van der Waals surface area contributed by atoms with E-state index in [1.54, 1.807) is 18.2 Å². The van der Waals surface area contributed by atoms with Crippen molar-refractivity contribution < 1.29 is 9.18 Å². The fraction of sp³-hybridized carbons (Fsp3) is 0.333. The molecule has 28 heavy (non-hydrogen) atoms. The highest BCUT2D eigenvalue weighted by molar-refractivity contribution is 7.47. The predicted octanol–water partition coefficient (Wildman–Crippen LogP) is 2.69. The maximum absolute atomic E-state index is 14.5. The zero-order valence-corrected chi connectivity index (χ0v) is 15.9. The van der Waals surface area contributed by atoms with Gasteiger partial charge in [0.25, 0.3) is 5.91 Å². The Bertz CT molecular complexity index is 908. The number of halogens is 1. The summed E-state index contributed by atoms with van der Waals surface area (Å²) < 4.78 is 18.2. The molecule has 8 N–H and O–H groups in total. The zero-order valence-electron chi connectivity index (χ0n) is 15.1. The molecule has 8 nitrogen and oxygen atoms in total. The smallest absolute Gasteiger partial charge is 0.252 e. The summed E-state index contributed by atoms with van der Waals surface area (Å²) >= 11 is 4.64. The van der Waals surface area contributed by atoms with E-state index < -0.39 is 11.7 Å². The topological polar surface area (TPSA) is 144 Å². The molecule has 1 aliphatic carbocycles. The summed E-state index contributed by atoms with van der Waals surface area (Å²) in [6.45, 7) is 0. The average molecular weight is 403 g/mol. The van der Waals surface area contributed by atoms with Gasteiger partial charge in [0.2, 0.25) is 0 Å². The van der Waals surface area contributed by atoms with Gasteiger partial charge in [-0.25, -0.2) is 9.37 Å². The minimum absolute atomic E-state index is 0.0139. The fourth-order valence-corrected chi connectivity index (χ4v) is 3.41. The van der Waals surface area contributed by atoms with Crippen molar-refractivity contribution in [1.29, 1.82) is 0 Å². The van der Waals surface area contributed by atoms with Crippen LogP contribution < -0.4 is 27.8 Å². The molecule has 1 aromatic heterocycles. The van der Waals surface area contributed by atoms with E-state index in [9.17, 15) is 9.18 Å². The number of carbonyl (C=O) groups is 1. The number of rotatable bonds is 6. The Hall–Kier alpha value is -2.85. The molecule has 2 unspecified atom stereocenters. The normalized spacial score (nSPS) is 19.1. The highest BCUT2D eigenvalue weighted by Gasteiger charge is 2.24. The molecule has 1 saturated carbocycles. The number of hydrogen-bond donors (Lipinski definition) is 5. The summed E-state index contributed by atoms with van der Waals surface area (Å²) in [6, 6.07) is 5.76. The van der Waals surface area contributed by atoms with Gasteiger partial charge in [0.1, 0.15) is 5.82 Å². The van der Waals surface area contributed by atoms with Crippen LogP contribution in [-0.2, 0) is 12.4 Å². The van der Waals surface area contributed by atoms with Crippen molar-refractivity contribution in [3.8, 4) is 0 Å². The van der Waals surface area contributed by atoms with Crippen molar-refractivity contribution in [3.63, 3.8) is 0 Å². The van der Waals surface area contributed by atoms with Crippen molar-refractivity contribution in [2.45, 2.75) is 37.8 Å². The number of benzene rings is 1.